The third-order valence-corrected chi connectivity index (χ3v) is 7.44. The summed E-state index contributed by atoms with van der Waals surface area (Å²) in [5.41, 5.74) is 2.98. The Kier molecular flexibility index (Phi) is 8.82. The molecule has 0 heterocycles. The zero-order valence-electron chi connectivity index (χ0n) is 17.8. The van der Waals surface area contributed by atoms with Crippen LogP contribution in [0.5, 0.6) is 0 Å². The molecule has 0 saturated heterocycles. The van der Waals surface area contributed by atoms with Crippen LogP contribution in [0.3, 0.4) is 0 Å². The number of amides is 1. The van der Waals surface area contributed by atoms with Crippen molar-refractivity contribution in [1.29, 1.82) is 0 Å². The third-order valence-electron chi connectivity index (χ3n) is 4.67. The molecule has 0 atom stereocenters. The summed E-state index contributed by atoms with van der Waals surface area (Å²) in [6.07, 6.45) is 1.27. The lowest BCUT2D eigenvalue weighted by atomic mass is 10.2. The van der Waals surface area contributed by atoms with Crippen LogP contribution in [0, 0.1) is 10.1 Å². The summed E-state index contributed by atoms with van der Waals surface area (Å²) in [7, 11) is -4.15. The first kappa shape index (κ1) is 26.6. The van der Waals surface area contributed by atoms with Gasteiger partial charge in [-0.05, 0) is 54.1 Å². The minimum Gasteiger partial charge on any atom is -0.272 e. The first-order chi connectivity index (χ1) is 16.6. The number of sulfonamides is 1. The van der Waals surface area contributed by atoms with Crippen LogP contribution < -0.4 is 5.43 Å². The number of nitro benzene ring substituents is 1. The molecule has 35 heavy (non-hydrogen) atoms. The first-order valence-corrected chi connectivity index (χ1v) is 12.4. The molecule has 0 bridgehead atoms. The van der Waals surface area contributed by atoms with Gasteiger partial charge in [0.05, 0.1) is 22.6 Å². The van der Waals surface area contributed by atoms with Crippen LogP contribution in [-0.4, -0.2) is 36.3 Å². The van der Waals surface area contributed by atoms with Crippen molar-refractivity contribution in [2.75, 3.05) is 6.54 Å². The van der Waals surface area contributed by atoms with E-state index in [9.17, 15) is 23.3 Å². The van der Waals surface area contributed by atoms with E-state index in [0.29, 0.717) is 16.1 Å². The lowest BCUT2D eigenvalue weighted by Crippen LogP contribution is -2.39. The molecule has 0 aliphatic heterocycles. The van der Waals surface area contributed by atoms with Crippen LogP contribution in [0.1, 0.15) is 11.1 Å². The van der Waals surface area contributed by atoms with Gasteiger partial charge in [-0.25, -0.2) is 13.8 Å². The Labute approximate surface area is 216 Å². The van der Waals surface area contributed by atoms with Crippen LogP contribution in [-0.2, 0) is 21.4 Å². The summed E-state index contributed by atoms with van der Waals surface area (Å²) in [6, 6.07) is 15.7. The predicted octanol–water partition coefficient (Wildman–Crippen LogP) is 4.90. The summed E-state index contributed by atoms with van der Waals surface area (Å²) in [5.74, 6) is -0.733. The maximum atomic E-state index is 13.3. The van der Waals surface area contributed by atoms with Gasteiger partial charge in [0.15, 0.2) is 0 Å². The Morgan fingerprint density at radius 1 is 1.00 bits per heavy atom. The maximum Gasteiger partial charge on any atom is 0.269 e. The molecule has 3 aromatic carbocycles. The fourth-order valence-corrected chi connectivity index (χ4v) is 4.91. The number of nitrogens with zero attached hydrogens (tertiary/aromatic N) is 3. The normalized spacial score (nSPS) is 11.7. The first-order valence-electron chi connectivity index (χ1n) is 9.83. The van der Waals surface area contributed by atoms with Gasteiger partial charge in [0.2, 0.25) is 10.0 Å². The monoisotopic (exact) mass is 554 g/mol. The largest absolute Gasteiger partial charge is 0.272 e. The van der Waals surface area contributed by atoms with E-state index in [2.05, 4.69) is 10.5 Å². The highest BCUT2D eigenvalue weighted by atomic mass is 35.5. The van der Waals surface area contributed by atoms with Crippen molar-refractivity contribution >= 4 is 62.6 Å². The Hall–Kier alpha value is -3.02. The number of non-ortho nitro benzene ring substituents is 1. The molecule has 9 nitrogen and oxygen atoms in total. The second kappa shape index (κ2) is 11.6. The molecule has 0 aliphatic carbocycles. The minimum atomic E-state index is -4.15. The van der Waals surface area contributed by atoms with E-state index in [1.54, 1.807) is 18.2 Å². The highest BCUT2D eigenvalue weighted by Gasteiger charge is 2.28. The topological polar surface area (TPSA) is 122 Å². The summed E-state index contributed by atoms with van der Waals surface area (Å²) in [4.78, 5) is 22.7. The molecule has 0 aliphatic rings. The van der Waals surface area contributed by atoms with Crippen LogP contribution in [0.2, 0.25) is 15.1 Å². The highest BCUT2D eigenvalue weighted by molar-refractivity contribution is 7.89. The fourth-order valence-electron chi connectivity index (χ4n) is 2.90. The van der Waals surface area contributed by atoms with Crippen molar-refractivity contribution in [2.24, 2.45) is 5.10 Å². The number of hydrogen-bond donors (Lipinski definition) is 1. The van der Waals surface area contributed by atoms with Gasteiger partial charge in [0.1, 0.15) is 0 Å². The van der Waals surface area contributed by atoms with Crippen molar-refractivity contribution in [2.45, 2.75) is 11.4 Å². The summed E-state index contributed by atoms with van der Waals surface area (Å²) in [5, 5.41) is 15.4. The van der Waals surface area contributed by atoms with Gasteiger partial charge in [0.25, 0.3) is 11.6 Å². The van der Waals surface area contributed by atoms with Crippen molar-refractivity contribution in [3.63, 3.8) is 0 Å². The number of nitro groups is 1. The zero-order valence-corrected chi connectivity index (χ0v) is 20.9. The lowest BCUT2D eigenvalue weighted by Gasteiger charge is -2.22. The van der Waals surface area contributed by atoms with E-state index in [1.807, 2.05) is 0 Å². The van der Waals surface area contributed by atoms with E-state index >= 15 is 0 Å². The fraction of sp³-hybridized carbons (Fsp3) is 0.0909. The van der Waals surface area contributed by atoms with Crippen LogP contribution in [0.4, 0.5) is 5.69 Å². The Morgan fingerprint density at radius 3 is 2.17 bits per heavy atom. The van der Waals surface area contributed by atoms with Crippen molar-refractivity contribution < 1.29 is 18.1 Å². The van der Waals surface area contributed by atoms with Crippen molar-refractivity contribution in [1.82, 2.24) is 9.73 Å². The predicted molar refractivity (Wildman–Crippen MR) is 134 cm³/mol. The molecule has 0 unspecified atom stereocenters. The molecule has 1 N–H and O–H groups in total. The van der Waals surface area contributed by atoms with Gasteiger partial charge in [-0.3, -0.25) is 14.9 Å². The Balaban J connectivity index is 1.81. The molecule has 0 radical (unpaired) electrons. The summed E-state index contributed by atoms with van der Waals surface area (Å²) >= 11 is 18.3. The van der Waals surface area contributed by atoms with E-state index in [0.717, 1.165) is 4.31 Å². The quantitative estimate of drug-likeness (QED) is 0.229. The standard InChI is InChI=1S/C22H17Cl3N4O5S/c23-16-6-10-18(11-7-16)35(33,34)28(13-19-20(24)2-1-3-21(19)25)14-22(30)27-26-12-15-4-8-17(9-5-15)29(31)32/h1-12H,13-14H2,(H,27,30)/b26-12-. The SMILES string of the molecule is O=C(CN(Cc1c(Cl)cccc1Cl)S(=O)(=O)c1ccc(Cl)cc1)N/N=C\c1ccc([N+](=O)[O-])cc1. The number of rotatable bonds is 9. The van der Waals surface area contributed by atoms with E-state index in [4.69, 9.17) is 34.8 Å². The molecular formula is C22H17Cl3N4O5S. The van der Waals surface area contributed by atoms with Gasteiger partial charge in [-0.2, -0.15) is 9.41 Å². The molecule has 182 valence electrons. The van der Waals surface area contributed by atoms with Gasteiger partial charge >= 0.3 is 0 Å². The van der Waals surface area contributed by atoms with Gasteiger partial charge in [0, 0.05) is 39.3 Å². The van der Waals surface area contributed by atoms with E-state index < -0.39 is 27.4 Å². The summed E-state index contributed by atoms with van der Waals surface area (Å²) in [6.45, 7) is -0.868. The molecule has 0 saturated carbocycles. The second-order valence-corrected chi connectivity index (χ2v) is 10.3. The minimum absolute atomic E-state index is 0.0766. The molecule has 3 rings (SSSR count). The number of carbonyl (C=O) groups excluding carboxylic acids is 1. The number of hydrogen-bond acceptors (Lipinski definition) is 6. The summed E-state index contributed by atoms with van der Waals surface area (Å²) < 4.78 is 27.5. The second-order valence-electron chi connectivity index (χ2n) is 7.07. The van der Waals surface area contributed by atoms with Crippen molar-refractivity contribution in [3.05, 3.63) is 103 Å². The Bertz CT molecular complexity index is 1340. The molecule has 0 fully saturated rings. The van der Waals surface area contributed by atoms with Crippen LogP contribution in [0.25, 0.3) is 0 Å². The maximum absolute atomic E-state index is 13.3. The number of benzene rings is 3. The van der Waals surface area contributed by atoms with Crippen molar-refractivity contribution in [3.8, 4) is 0 Å². The smallest absolute Gasteiger partial charge is 0.269 e. The third kappa shape index (κ3) is 7.00. The van der Waals surface area contributed by atoms with Crippen LogP contribution in [0.15, 0.2) is 76.7 Å². The molecule has 1 amide bonds. The number of halogens is 3. The number of hydrazone groups is 1. The lowest BCUT2D eigenvalue weighted by molar-refractivity contribution is -0.384. The van der Waals surface area contributed by atoms with Gasteiger partial charge in [-0.1, -0.05) is 40.9 Å². The zero-order chi connectivity index (χ0) is 25.6. The van der Waals surface area contributed by atoms with Crippen LogP contribution >= 0.6 is 34.8 Å². The molecule has 0 aromatic heterocycles. The highest BCUT2D eigenvalue weighted by Crippen LogP contribution is 2.28. The number of carbonyl (C=O) groups is 1. The molecular weight excluding hydrogens is 539 g/mol. The van der Waals surface area contributed by atoms with Gasteiger partial charge < -0.3 is 0 Å². The average molecular weight is 556 g/mol. The molecule has 13 heteroatoms. The van der Waals surface area contributed by atoms with Gasteiger partial charge in [-0.15, -0.1) is 0 Å². The average Bonchev–Trinajstić information content (AvgIpc) is 2.81. The number of nitrogens with one attached hydrogen (secondary N) is 1. The molecule has 3 aromatic rings. The van der Waals surface area contributed by atoms with E-state index in [-0.39, 0.29) is 27.2 Å². The van der Waals surface area contributed by atoms with E-state index in [1.165, 1.54) is 54.7 Å². The molecule has 0 spiro atoms. The Morgan fingerprint density at radius 2 is 1.60 bits per heavy atom.